The molecule has 2 N–H and O–H groups in total. The van der Waals surface area contributed by atoms with E-state index in [-0.39, 0.29) is 6.10 Å². The van der Waals surface area contributed by atoms with Crippen molar-refractivity contribution in [3.8, 4) is 17.2 Å². The lowest BCUT2D eigenvalue weighted by molar-refractivity contribution is 0.111. The van der Waals surface area contributed by atoms with Crippen LogP contribution >= 0.6 is 0 Å². The SMILES string of the molecule is C=C1CCc2c(cccc2-c2cn(C3CCC(O)CC3)c3cc(C)c(C#N)cc23)N1. The zero-order chi connectivity index (χ0) is 20.8. The average Bonchev–Trinajstić information content (AvgIpc) is 3.11. The second-order valence-corrected chi connectivity index (χ2v) is 8.77. The van der Waals surface area contributed by atoms with Gasteiger partial charge in [0.05, 0.1) is 17.7 Å². The lowest BCUT2D eigenvalue weighted by Crippen LogP contribution is -2.20. The number of hydrogen-bond donors (Lipinski definition) is 2. The first-order chi connectivity index (χ1) is 14.5. The zero-order valence-corrected chi connectivity index (χ0v) is 17.4. The highest BCUT2D eigenvalue weighted by Crippen LogP contribution is 2.42. The molecule has 3 aromatic rings. The van der Waals surface area contributed by atoms with Gasteiger partial charge in [0.15, 0.2) is 0 Å². The first-order valence-corrected chi connectivity index (χ1v) is 10.9. The molecule has 2 heterocycles. The van der Waals surface area contributed by atoms with Crippen molar-refractivity contribution in [1.29, 1.82) is 5.26 Å². The number of fused-ring (bicyclic) bond motifs is 2. The number of aromatic nitrogens is 1. The van der Waals surface area contributed by atoms with Crippen LogP contribution in [0.5, 0.6) is 0 Å². The molecule has 0 radical (unpaired) electrons. The van der Waals surface area contributed by atoms with Crippen LogP contribution in [0, 0.1) is 18.3 Å². The Morgan fingerprint density at radius 3 is 2.70 bits per heavy atom. The molecule has 1 aromatic heterocycles. The molecular formula is C26H27N3O. The topological polar surface area (TPSA) is 61.0 Å². The molecule has 5 rings (SSSR count). The van der Waals surface area contributed by atoms with Gasteiger partial charge in [0.1, 0.15) is 0 Å². The molecule has 0 unspecified atom stereocenters. The number of hydrogen-bond acceptors (Lipinski definition) is 3. The van der Waals surface area contributed by atoms with Gasteiger partial charge in [0.25, 0.3) is 0 Å². The standard InChI is InChI=1S/C26H27N3O/c1-16-12-26-23(13-18(16)14-27)24(15-29(26)19-7-9-20(30)10-8-19)21-4-3-5-25-22(21)11-6-17(2)28-25/h3-5,12-13,15,19-20,28,30H,2,6-11H2,1H3. The second kappa shape index (κ2) is 7.34. The first kappa shape index (κ1) is 19.0. The van der Waals surface area contributed by atoms with Gasteiger partial charge in [0.2, 0.25) is 0 Å². The summed E-state index contributed by atoms with van der Waals surface area (Å²) in [6.45, 7) is 6.11. The third-order valence-corrected chi connectivity index (χ3v) is 6.81. The van der Waals surface area contributed by atoms with Crippen molar-refractivity contribution in [3.63, 3.8) is 0 Å². The molecule has 0 spiro atoms. The summed E-state index contributed by atoms with van der Waals surface area (Å²) in [4.78, 5) is 0. The molecule has 30 heavy (non-hydrogen) atoms. The van der Waals surface area contributed by atoms with E-state index in [0.717, 1.165) is 66.4 Å². The lowest BCUT2D eigenvalue weighted by atomic mass is 9.91. The normalized spacial score (nSPS) is 21.2. The van der Waals surface area contributed by atoms with Crippen LogP contribution < -0.4 is 5.32 Å². The molecule has 4 heteroatoms. The van der Waals surface area contributed by atoms with E-state index in [1.54, 1.807) is 0 Å². The first-order valence-electron chi connectivity index (χ1n) is 10.9. The second-order valence-electron chi connectivity index (χ2n) is 8.77. The van der Waals surface area contributed by atoms with E-state index >= 15 is 0 Å². The van der Waals surface area contributed by atoms with E-state index in [0.29, 0.717) is 6.04 Å². The molecule has 1 fully saturated rings. The van der Waals surface area contributed by atoms with E-state index in [4.69, 9.17) is 0 Å². The van der Waals surface area contributed by atoms with Crippen molar-refractivity contribution in [2.45, 2.75) is 57.6 Å². The average molecular weight is 398 g/mol. The van der Waals surface area contributed by atoms with Crippen molar-refractivity contribution in [3.05, 3.63) is 65.5 Å². The minimum Gasteiger partial charge on any atom is -0.393 e. The Labute approximate surface area is 177 Å². The maximum atomic E-state index is 9.98. The molecule has 0 bridgehead atoms. The maximum Gasteiger partial charge on any atom is 0.0994 e. The summed E-state index contributed by atoms with van der Waals surface area (Å²) >= 11 is 0. The Bertz CT molecular complexity index is 1190. The molecule has 1 aliphatic carbocycles. The number of rotatable bonds is 2. The van der Waals surface area contributed by atoms with Crippen LogP contribution in [0.4, 0.5) is 5.69 Å². The lowest BCUT2D eigenvalue weighted by Gasteiger charge is -2.27. The fourth-order valence-corrected chi connectivity index (χ4v) is 5.13. The van der Waals surface area contributed by atoms with E-state index in [1.165, 1.54) is 22.2 Å². The van der Waals surface area contributed by atoms with Gasteiger partial charge >= 0.3 is 0 Å². The van der Waals surface area contributed by atoms with Crippen LogP contribution in [0.25, 0.3) is 22.0 Å². The molecule has 0 amide bonds. The molecule has 2 aromatic carbocycles. The summed E-state index contributed by atoms with van der Waals surface area (Å²) in [6.07, 6.45) is 7.68. The largest absolute Gasteiger partial charge is 0.393 e. The van der Waals surface area contributed by atoms with Crippen molar-refractivity contribution >= 4 is 16.6 Å². The number of nitriles is 1. The molecule has 0 saturated heterocycles. The predicted octanol–water partition coefficient (Wildman–Crippen LogP) is 5.84. The number of benzene rings is 2. The van der Waals surface area contributed by atoms with Gasteiger partial charge in [-0.1, -0.05) is 18.7 Å². The summed E-state index contributed by atoms with van der Waals surface area (Å²) in [6, 6.07) is 13.4. The minimum absolute atomic E-state index is 0.171. The summed E-state index contributed by atoms with van der Waals surface area (Å²) in [7, 11) is 0. The van der Waals surface area contributed by atoms with Gasteiger partial charge in [-0.2, -0.15) is 5.26 Å². The van der Waals surface area contributed by atoms with Crippen molar-refractivity contribution in [2.75, 3.05) is 5.32 Å². The molecule has 1 aliphatic heterocycles. The summed E-state index contributed by atoms with van der Waals surface area (Å²) in [5, 5.41) is 24.2. The van der Waals surface area contributed by atoms with Crippen LogP contribution in [0.15, 0.2) is 48.8 Å². The highest BCUT2D eigenvalue weighted by molar-refractivity contribution is 5.99. The third-order valence-electron chi connectivity index (χ3n) is 6.81. The number of allylic oxidation sites excluding steroid dienone is 1. The van der Waals surface area contributed by atoms with E-state index in [2.05, 4.69) is 59.1 Å². The third kappa shape index (κ3) is 3.11. The summed E-state index contributed by atoms with van der Waals surface area (Å²) in [5.41, 5.74) is 8.88. The molecule has 2 aliphatic rings. The highest BCUT2D eigenvalue weighted by atomic mass is 16.3. The number of aryl methyl sites for hydroxylation is 1. The number of anilines is 1. The number of aliphatic hydroxyl groups excluding tert-OH is 1. The minimum atomic E-state index is -0.171. The van der Waals surface area contributed by atoms with Crippen molar-refractivity contribution in [2.24, 2.45) is 0 Å². The number of nitrogens with zero attached hydrogens (tertiary/aromatic N) is 2. The Morgan fingerprint density at radius 2 is 1.93 bits per heavy atom. The van der Waals surface area contributed by atoms with Gasteiger partial charge < -0.3 is 15.0 Å². The smallest absolute Gasteiger partial charge is 0.0994 e. The zero-order valence-electron chi connectivity index (χ0n) is 17.4. The Morgan fingerprint density at radius 1 is 1.13 bits per heavy atom. The van der Waals surface area contributed by atoms with E-state index in [1.807, 2.05) is 6.92 Å². The van der Waals surface area contributed by atoms with E-state index in [9.17, 15) is 10.4 Å². The Balaban J connectivity index is 1.72. The fraction of sp³-hybridized carbons (Fsp3) is 0.346. The Kier molecular flexibility index (Phi) is 4.64. The van der Waals surface area contributed by atoms with Crippen LogP contribution in [0.1, 0.15) is 54.8 Å². The quantitative estimate of drug-likeness (QED) is 0.571. The molecule has 152 valence electrons. The van der Waals surface area contributed by atoms with E-state index < -0.39 is 0 Å². The fourth-order valence-electron chi connectivity index (χ4n) is 5.13. The molecule has 0 atom stereocenters. The van der Waals surface area contributed by atoms with Crippen molar-refractivity contribution < 1.29 is 5.11 Å². The number of aliphatic hydroxyl groups is 1. The number of nitrogens with one attached hydrogen (secondary N) is 1. The Hall–Kier alpha value is -3.03. The van der Waals surface area contributed by atoms with Gasteiger partial charge in [-0.25, -0.2) is 0 Å². The monoisotopic (exact) mass is 397 g/mol. The summed E-state index contributed by atoms with van der Waals surface area (Å²) < 4.78 is 2.40. The molecule has 4 nitrogen and oxygen atoms in total. The molecule has 1 saturated carbocycles. The van der Waals surface area contributed by atoms with Crippen molar-refractivity contribution in [1.82, 2.24) is 4.57 Å². The molecular weight excluding hydrogens is 370 g/mol. The maximum absolute atomic E-state index is 9.98. The van der Waals surface area contributed by atoms with Gasteiger partial charge in [-0.3, -0.25) is 0 Å². The summed E-state index contributed by atoms with van der Waals surface area (Å²) in [5.74, 6) is 0. The predicted molar refractivity (Wildman–Crippen MR) is 121 cm³/mol. The highest BCUT2D eigenvalue weighted by Gasteiger charge is 2.25. The van der Waals surface area contributed by atoms with Crippen LogP contribution in [-0.4, -0.2) is 15.8 Å². The van der Waals surface area contributed by atoms with Crippen LogP contribution in [-0.2, 0) is 6.42 Å². The van der Waals surface area contributed by atoms with Gasteiger partial charge in [-0.15, -0.1) is 0 Å². The van der Waals surface area contributed by atoms with Crippen LogP contribution in [0.3, 0.4) is 0 Å². The van der Waals surface area contributed by atoms with Gasteiger partial charge in [-0.05, 0) is 80.3 Å². The van der Waals surface area contributed by atoms with Crippen LogP contribution in [0.2, 0.25) is 0 Å². The van der Waals surface area contributed by atoms with Gasteiger partial charge in [0, 0.05) is 40.1 Å².